The number of rotatable bonds is 3. The smallest absolute Gasteiger partial charge is 0.348 e. The summed E-state index contributed by atoms with van der Waals surface area (Å²) in [5, 5.41) is 10.5. The van der Waals surface area contributed by atoms with E-state index in [4.69, 9.17) is 5.11 Å². The summed E-state index contributed by atoms with van der Waals surface area (Å²) in [6.07, 6.45) is 1.13. The van der Waals surface area contributed by atoms with Crippen LogP contribution in [0.5, 0.6) is 0 Å². The number of aromatic nitrogens is 1. The van der Waals surface area contributed by atoms with E-state index >= 15 is 0 Å². The van der Waals surface area contributed by atoms with Gasteiger partial charge in [-0.15, -0.1) is 11.3 Å². The van der Waals surface area contributed by atoms with Gasteiger partial charge in [0.1, 0.15) is 4.88 Å². The highest BCUT2D eigenvalue weighted by molar-refractivity contribution is 7.12. The summed E-state index contributed by atoms with van der Waals surface area (Å²) < 4.78 is 4.57. The van der Waals surface area contributed by atoms with Crippen molar-refractivity contribution in [2.24, 2.45) is 0 Å². The fourth-order valence-electron chi connectivity index (χ4n) is 1.51. The number of esters is 1. The first-order valence-corrected chi connectivity index (χ1v) is 6.04. The number of carbonyl (C=O) groups is 2. The highest BCUT2D eigenvalue weighted by Gasteiger charge is 2.14. The van der Waals surface area contributed by atoms with Gasteiger partial charge in [0, 0.05) is 11.8 Å². The molecule has 2 N–H and O–H groups in total. The lowest BCUT2D eigenvalue weighted by Crippen LogP contribution is -2.11. The van der Waals surface area contributed by atoms with Crippen molar-refractivity contribution in [3.63, 3.8) is 0 Å². The number of nitrogens with one attached hydrogen (secondary N) is 1. The second-order valence-electron chi connectivity index (χ2n) is 3.63. The largest absolute Gasteiger partial charge is 0.478 e. The van der Waals surface area contributed by atoms with Crippen molar-refractivity contribution in [1.82, 2.24) is 4.98 Å². The van der Waals surface area contributed by atoms with Crippen LogP contribution in [0.4, 0.5) is 0 Å². The molecular weight excluding hydrogens is 270 g/mol. The normalized spacial score (nSPS) is 10.2. The van der Waals surface area contributed by atoms with Gasteiger partial charge in [-0.2, -0.15) is 0 Å². The molecule has 0 aliphatic carbocycles. The molecule has 2 aromatic heterocycles. The number of pyridine rings is 1. The molecule has 0 radical (unpaired) electrons. The predicted octanol–water partition coefficient (Wildman–Crippen LogP) is 1.59. The van der Waals surface area contributed by atoms with Crippen LogP contribution in [0.2, 0.25) is 0 Å². The lowest BCUT2D eigenvalue weighted by atomic mass is 10.1. The first-order chi connectivity index (χ1) is 9.02. The second-order valence-corrected chi connectivity index (χ2v) is 4.54. The van der Waals surface area contributed by atoms with Crippen molar-refractivity contribution in [1.29, 1.82) is 0 Å². The summed E-state index contributed by atoms with van der Waals surface area (Å²) in [4.78, 5) is 36.6. The Morgan fingerprint density at radius 1 is 1.37 bits per heavy atom. The fourth-order valence-corrected chi connectivity index (χ4v) is 2.33. The van der Waals surface area contributed by atoms with Crippen molar-refractivity contribution in [2.75, 3.05) is 7.11 Å². The number of carboxylic acids is 1. The summed E-state index contributed by atoms with van der Waals surface area (Å²) in [6.45, 7) is 0. The lowest BCUT2D eigenvalue weighted by Gasteiger charge is -1.99. The summed E-state index contributed by atoms with van der Waals surface area (Å²) in [5.41, 5.74) is 0.237. The van der Waals surface area contributed by atoms with E-state index in [2.05, 4.69) is 9.72 Å². The minimum absolute atomic E-state index is 0.0274. The van der Waals surface area contributed by atoms with E-state index in [0.717, 1.165) is 17.5 Å². The highest BCUT2D eigenvalue weighted by Crippen LogP contribution is 2.24. The van der Waals surface area contributed by atoms with Gasteiger partial charge in [0.25, 0.3) is 5.56 Å². The molecule has 98 valence electrons. The molecule has 2 aromatic rings. The zero-order valence-corrected chi connectivity index (χ0v) is 10.6. The fraction of sp³-hybridized carbons (Fsp3) is 0.0833. The maximum atomic E-state index is 11.7. The van der Waals surface area contributed by atoms with E-state index in [0.29, 0.717) is 10.4 Å². The molecule has 0 aliphatic heterocycles. The first kappa shape index (κ1) is 13.0. The molecule has 0 aliphatic rings. The molecule has 0 unspecified atom stereocenters. The number of hydrogen-bond donors (Lipinski definition) is 2. The highest BCUT2D eigenvalue weighted by atomic mass is 32.1. The van der Waals surface area contributed by atoms with E-state index in [1.807, 2.05) is 0 Å². The van der Waals surface area contributed by atoms with E-state index in [1.165, 1.54) is 19.2 Å². The topological polar surface area (TPSA) is 96.5 Å². The molecule has 0 amide bonds. The Morgan fingerprint density at radius 2 is 2.11 bits per heavy atom. The summed E-state index contributed by atoms with van der Waals surface area (Å²) in [7, 11) is 1.26. The van der Waals surface area contributed by atoms with Crippen LogP contribution < -0.4 is 5.56 Å². The second kappa shape index (κ2) is 5.07. The number of ether oxygens (including phenoxy) is 1. The van der Waals surface area contributed by atoms with Gasteiger partial charge in [0.05, 0.1) is 12.7 Å². The van der Waals surface area contributed by atoms with Gasteiger partial charge < -0.3 is 14.8 Å². The van der Waals surface area contributed by atoms with Crippen molar-refractivity contribution in [3.05, 3.63) is 44.5 Å². The van der Waals surface area contributed by atoms with Crippen LogP contribution in [0.3, 0.4) is 0 Å². The molecule has 0 bridgehead atoms. The first-order valence-electron chi connectivity index (χ1n) is 5.16. The molecule has 0 fully saturated rings. The van der Waals surface area contributed by atoms with E-state index in [9.17, 15) is 14.4 Å². The number of thiophene rings is 1. The average molecular weight is 279 g/mol. The molecule has 0 saturated carbocycles. The number of aromatic carboxylic acids is 1. The van der Waals surface area contributed by atoms with Crippen LogP contribution in [0.1, 0.15) is 20.0 Å². The number of H-pyrrole nitrogens is 1. The van der Waals surface area contributed by atoms with E-state index in [-0.39, 0.29) is 11.1 Å². The van der Waals surface area contributed by atoms with Crippen molar-refractivity contribution in [2.45, 2.75) is 0 Å². The van der Waals surface area contributed by atoms with Gasteiger partial charge in [-0.25, -0.2) is 9.59 Å². The van der Waals surface area contributed by atoms with Crippen LogP contribution in [0.15, 0.2) is 28.5 Å². The van der Waals surface area contributed by atoms with Crippen molar-refractivity contribution < 1.29 is 19.4 Å². The van der Waals surface area contributed by atoms with Crippen molar-refractivity contribution >= 4 is 23.3 Å². The SMILES string of the molecule is COC(=O)c1cc(-c2cc(C(=O)O)c[nH]c2=O)cs1. The van der Waals surface area contributed by atoms with Crippen LogP contribution in [0, 0.1) is 0 Å². The van der Waals surface area contributed by atoms with Crippen molar-refractivity contribution in [3.8, 4) is 11.1 Å². The van der Waals surface area contributed by atoms with Crippen LogP contribution in [-0.4, -0.2) is 29.1 Å². The Hall–Kier alpha value is -2.41. The molecule has 2 heterocycles. The van der Waals surface area contributed by atoms with Crippen LogP contribution in [-0.2, 0) is 4.74 Å². The molecule has 0 atom stereocenters. The maximum Gasteiger partial charge on any atom is 0.348 e. The van der Waals surface area contributed by atoms with Gasteiger partial charge in [-0.05, 0) is 23.1 Å². The van der Waals surface area contributed by atoms with E-state index < -0.39 is 17.5 Å². The molecule has 19 heavy (non-hydrogen) atoms. The predicted molar refractivity (Wildman–Crippen MR) is 68.7 cm³/mol. The molecule has 0 aromatic carbocycles. The van der Waals surface area contributed by atoms with Crippen LogP contribution >= 0.6 is 11.3 Å². The summed E-state index contributed by atoms with van der Waals surface area (Å²) >= 11 is 1.13. The monoisotopic (exact) mass is 279 g/mol. The maximum absolute atomic E-state index is 11.7. The Bertz CT molecular complexity index is 700. The third kappa shape index (κ3) is 2.55. The molecule has 0 spiro atoms. The number of methoxy groups -OCH3 is 1. The molecular formula is C12H9NO5S. The average Bonchev–Trinajstić information content (AvgIpc) is 2.87. The Morgan fingerprint density at radius 3 is 2.74 bits per heavy atom. The Balaban J connectivity index is 2.49. The molecule has 0 saturated heterocycles. The summed E-state index contributed by atoms with van der Waals surface area (Å²) in [5.74, 6) is -1.64. The third-order valence-electron chi connectivity index (χ3n) is 2.45. The van der Waals surface area contributed by atoms with Gasteiger partial charge in [0.2, 0.25) is 0 Å². The number of carboxylic acid groups (broad SMARTS) is 1. The minimum atomic E-state index is -1.14. The van der Waals surface area contributed by atoms with Gasteiger partial charge in [-0.1, -0.05) is 0 Å². The zero-order chi connectivity index (χ0) is 14.0. The number of carbonyl (C=O) groups excluding carboxylic acids is 1. The minimum Gasteiger partial charge on any atom is -0.478 e. The van der Waals surface area contributed by atoms with E-state index in [1.54, 1.807) is 5.38 Å². The molecule has 2 rings (SSSR count). The third-order valence-corrected chi connectivity index (χ3v) is 3.36. The summed E-state index contributed by atoms with van der Waals surface area (Å²) in [6, 6.07) is 2.76. The van der Waals surface area contributed by atoms with Gasteiger partial charge in [-0.3, -0.25) is 4.79 Å². The van der Waals surface area contributed by atoms with Gasteiger partial charge in [0.15, 0.2) is 0 Å². The zero-order valence-electron chi connectivity index (χ0n) is 9.80. The van der Waals surface area contributed by atoms with Gasteiger partial charge >= 0.3 is 11.9 Å². The Kier molecular flexibility index (Phi) is 3.48. The number of aromatic amines is 1. The molecule has 6 nitrogen and oxygen atoms in total. The lowest BCUT2D eigenvalue weighted by molar-refractivity contribution is 0.0605. The standard InChI is InChI=1S/C12H9NO5S/c1-18-12(17)9-3-7(5-19-9)8-2-6(11(15)16)4-13-10(8)14/h2-5H,1H3,(H,13,14)(H,15,16). The molecule has 7 heteroatoms. The quantitative estimate of drug-likeness (QED) is 0.832. The van der Waals surface area contributed by atoms with Crippen LogP contribution in [0.25, 0.3) is 11.1 Å². The number of hydrogen-bond acceptors (Lipinski definition) is 5. The Labute approximate surface area is 111 Å².